The van der Waals surface area contributed by atoms with E-state index in [1.54, 1.807) is 4.68 Å². The number of nitrogens with zero attached hydrogens (tertiary/aromatic N) is 4. The van der Waals surface area contributed by atoms with Gasteiger partial charge in [0.2, 0.25) is 0 Å². The Labute approximate surface area is 150 Å². The van der Waals surface area contributed by atoms with Gasteiger partial charge in [-0.15, -0.1) is 11.3 Å². The molecule has 3 heterocycles. The van der Waals surface area contributed by atoms with Crippen LogP contribution in [0, 0.1) is 20.8 Å². The Kier molecular flexibility index (Phi) is 5.08. The Balaban J connectivity index is 1.61. The van der Waals surface area contributed by atoms with Gasteiger partial charge in [-0.1, -0.05) is 6.07 Å². The van der Waals surface area contributed by atoms with Crippen LogP contribution in [0.1, 0.15) is 26.9 Å². The van der Waals surface area contributed by atoms with Crippen LogP contribution in [0.25, 0.3) is 5.82 Å². The first-order valence-corrected chi connectivity index (χ1v) is 8.86. The number of carbonyl (C=O) groups excluding carboxylic acids is 1. The van der Waals surface area contributed by atoms with E-state index in [0.29, 0.717) is 29.6 Å². The normalized spacial score (nSPS) is 10.7. The van der Waals surface area contributed by atoms with E-state index in [2.05, 4.69) is 25.7 Å². The lowest BCUT2D eigenvalue weighted by atomic mass is 10.4. The number of carbonyl (C=O) groups is 1. The number of rotatable bonds is 6. The first-order valence-electron chi connectivity index (χ1n) is 7.98. The van der Waals surface area contributed by atoms with E-state index >= 15 is 0 Å². The number of anilines is 1. The minimum Gasteiger partial charge on any atom is -0.368 e. The molecule has 0 aliphatic rings. The van der Waals surface area contributed by atoms with Crippen LogP contribution in [0.3, 0.4) is 0 Å². The maximum Gasteiger partial charge on any atom is 0.261 e. The highest BCUT2D eigenvalue weighted by molar-refractivity contribution is 7.12. The monoisotopic (exact) mass is 356 g/mol. The van der Waals surface area contributed by atoms with Crippen molar-refractivity contribution in [3.05, 3.63) is 51.7 Å². The molecule has 25 heavy (non-hydrogen) atoms. The number of nitrogens with one attached hydrogen (secondary N) is 2. The van der Waals surface area contributed by atoms with Crippen molar-refractivity contribution in [3.8, 4) is 5.82 Å². The highest BCUT2D eigenvalue weighted by atomic mass is 32.1. The van der Waals surface area contributed by atoms with Crippen LogP contribution in [0.4, 0.5) is 5.82 Å². The molecule has 0 bridgehead atoms. The quantitative estimate of drug-likeness (QED) is 0.663. The maximum atomic E-state index is 11.9. The number of aromatic nitrogens is 4. The second-order valence-electron chi connectivity index (χ2n) is 5.66. The van der Waals surface area contributed by atoms with Crippen molar-refractivity contribution >= 4 is 23.1 Å². The standard InChI is InChI=1S/C17H20N6OS/c1-11-9-12(2)23(22-11)16-10-15(20-13(3)21-16)18-6-7-19-17(24)14-5-4-8-25-14/h4-5,8-10H,6-7H2,1-3H3,(H,19,24)(H,18,20,21). The van der Waals surface area contributed by atoms with E-state index in [1.807, 2.05) is 50.4 Å². The summed E-state index contributed by atoms with van der Waals surface area (Å²) in [7, 11) is 0. The van der Waals surface area contributed by atoms with Gasteiger partial charge in [0, 0.05) is 24.8 Å². The molecule has 0 unspecified atom stereocenters. The molecule has 8 heteroatoms. The number of amides is 1. The van der Waals surface area contributed by atoms with Crippen molar-refractivity contribution in [1.29, 1.82) is 0 Å². The average Bonchev–Trinajstić information content (AvgIpc) is 3.20. The lowest BCUT2D eigenvalue weighted by molar-refractivity contribution is 0.0959. The van der Waals surface area contributed by atoms with Crippen molar-refractivity contribution in [3.63, 3.8) is 0 Å². The highest BCUT2D eigenvalue weighted by Gasteiger charge is 2.09. The molecule has 3 rings (SSSR count). The summed E-state index contributed by atoms with van der Waals surface area (Å²) >= 11 is 1.43. The van der Waals surface area contributed by atoms with Gasteiger partial charge < -0.3 is 10.6 Å². The maximum absolute atomic E-state index is 11.9. The summed E-state index contributed by atoms with van der Waals surface area (Å²) in [5.41, 5.74) is 1.96. The highest BCUT2D eigenvalue weighted by Crippen LogP contribution is 2.13. The van der Waals surface area contributed by atoms with Crippen LogP contribution in [0.15, 0.2) is 29.6 Å². The van der Waals surface area contributed by atoms with Crippen LogP contribution < -0.4 is 10.6 Å². The van der Waals surface area contributed by atoms with Crippen LogP contribution in [0.5, 0.6) is 0 Å². The van der Waals surface area contributed by atoms with Gasteiger partial charge in [0.1, 0.15) is 11.6 Å². The smallest absolute Gasteiger partial charge is 0.261 e. The summed E-state index contributed by atoms with van der Waals surface area (Å²) in [5, 5.41) is 12.4. The van der Waals surface area contributed by atoms with E-state index < -0.39 is 0 Å². The molecule has 0 aliphatic heterocycles. The minimum atomic E-state index is -0.0565. The van der Waals surface area contributed by atoms with Gasteiger partial charge in [0.05, 0.1) is 10.6 Å². The Morgan fingerprint density at radius 3 is 2.72 bits per heavy atom. The molecule has 0 atom stereocenters. The van der Waals surface area contributed by atoms with Crippen LogP contribution in [-0.4, -0.2) is 38.7 Å². The molecule has 0 fully saturated rings. The van der Waals surface area contributed by atoms with Crippen LogP contribution >= 0.6 is 11.3 Å². The predicted octanol–water partition coefficient (Wildman–Crippen LogP) is 2.49. The Bertz CT molecular complexity index is 871. The molecular weight excluding hydrogens is 336 g/mol. The lowest BCUT2D eigenvalue weighted by Crippen LogP contribution is -2.28. The van der Waals surface area contributed by atoms with Crippen molar-refractivity contribution < 1.29 is 4.79 Å². The zero-order valence-electron chi connectivity index (χ0n) is 14.4. The first kappa shape index (κ1) is 17.1. The van der Waals surface area contributed by atoms with Gasteiger partial charge >= 0.3 is 0 Å². The van der Waals surface area contributed by atoms with E-state index in [1.165, 1.54) is 11.3 Å². The SMILES string of the molecule is Cc1cc(C)n(-c2cc(NCCNC(=O)c3cccs3)nc(C)n2)n1. The van der Waals surface area contributed by atoms with Crippen molar-refractivity contribution in [2.24, 2.45) is 0 Å². The molecule has 130 valence electrons. The van der Waals surface area contributed by atoms with Gasteiger partial charge in [0.15, 0.2) is 5.82 Å². The second kappa shape index (κ2) is 7.43. The fourth-order valence-electron chi connectivity index (χ4n) is 2.47. The molecule has 0 radical (unpaired) electrons. The zero-order chi connectivity index (χ0) is 17.8. The molecule has 0 saturated heterocycles. The summed E-state index contributed by atoms with van der Waals surface area (Å²) in [5.74, 6) is 2.04. The van der Waals surface area contributed by atoms with Gasteiger partial charge in [-0.05, 0) is 38.3 Å². The molecule has 3 aromatic heterocycles. The van der Waals surface area contributed by atoms with Gasteiger partial charge in [-0.2, -0.15) is 5.10 Å². The summed E-state index contributed by atoms with van der Waals surface area (Å²) in [6, 6.07) is 7.53. The number of hydrogen-bond acceptors (Lipinski definition) is 6. The molecule has 0 aromatic carbocycles. The third-order valence-electron chi connectivity index (χ3n) is 3.51. The fraction of sp³-hybridized carbons (Fsp3) is 0.294. The predicted molar refractivity (Wildman–Crippen MR) is 98.5 cm³/mol. The largest absolute Gasteiger partial charge is 0.368 e. The van der Waals surface area contributed by atoms with Crippen LogP contribution in [-0.2, 0) is 0 Å². The Hall–Kier alpha value is -2.74. The molecular formula is C17H20N6OS. The fourth-order valence-corrected chi connectivity index (χ4v) is 3.11. The zero-order valence-corrected chi connectivity index (χ0v) is 15.2. The van der Waals surface area contributed by atoms with E-state index in [4.69, 9.17) is 0 Å². The van der Waals surface area contributed by atoms with Crippen molar-refractivity contribution in [2.45, 2.75) is 20.8 Å². The summed E-state index contributed by atoms with van der Waals surface area (Å²) in [4.78, 5) is 21.4. The van der Waals surface area contributed by atoms with Crippen molar-refractivity contribution in [1.82, 2.24) is 25.1 Å². The van der Waals surface area contributed by atoms with E-state index in [9.17, 15) is 4.79 Å². The van der Waals surface area contributed by atoms with Crippen molar-refractivity contribution in [2.75, 3.05) is 18.4 Å². The second-order valence-corrected chi connectivity index (χ2v) is 6.61. The Morgan fingerprint density at radius 2 is 2.04 bits per heavy atom. The molecule has 1 amide bonds. The molecule has 7 nitrogen and oxygen atoms in total. The molecule has 0 saturated carbocycles. The van der Waals surface area contributed by atoms with Crippen LogP contribution in [0.2, 0.25) is 0 Å². The van der Waals surface area contributed by atoms with Gasteiger partial charge in [-0.3, -0.25) is 4.79 Å². The topological polar surface area (TPSA) is 84.7 Å². The lowest BCUT2D eigenvalue weighted by Gasteiger charge is -2.10. The third kappa shape index (κ3) is 4.21. The molecule has 2 N–H and O–H groups in total. The first-order chi connectivity index (χ1) is 12.0. The summed E-state index contributed by atoms with van der Waals surface area (Å²) < 4.78 is 1.80. The van der Waals surface area contributed by atoms with E-state index in [-0.39, 0.29) is 5.91 Å². The van der Waals surface area contributed by atoms with Gasteiger partial charge in [0.25, 0.3) is 5.91 Å². The number of hydrogen-bond donors (Lipinski definition) is 2. The molecule has 0 aliphatic carbocycles. The number of thiophene rings is 1. The summed E-state index contributed by atoms with van der Waals surface area (Å²) in [6.07, 6.45) is 0. The average molecular weight is 356 g/mol. The third-order valence-corrected chi connectivity index (χ3v) is 4.38. The summed E-state index contributed by atoms with van der Waals surface area (Å²) in [6.45, 7) is 6.87. The molecule has 3 aromatic rings. The number of aryl methyl sites for hydroxylation is 3. The minimum absolute atomic E-state index is 0.0565. The van der Waals surface area contributed by atoms with E-state index in [0.717, 1.165) is 17.2 Å². The Morgan fingerprint density at radius 1 is 1.20 bits per heavy atom. The van der Waals surface area contributed by atoms with Gasteiger partial charge in [-0.25, -0.2) is 14.6 Å². The molecule has 0 spiro atoms.